The van der Waals surface area contributed by atoms with E-state index in [1.54, 1.807) is 14.2 Å². The van der Waals surface area contributed by atoms with E-state index in [0.29, 0.717) is 24.0 Å². The summed E-state index contributed by atoms with van der Waals surface area (Å²) in [6.45, 7) is 0.516. The number of hydrogen-bond acceptors (Lipinski definition) is 4. The molecule has 0 spiro atoms. The van der Waals surface area contributed by atoms with Crippen molar-refractivity contribution in [1.29, 1.82) is 0 Å². The number of halogens is 1. The number of hydrogen-bond donors (Lipinski definition) is 0. The number of benzene rings is 1. The standard InChI is InChI=1S/C12H15ClO4/c1-14-10-4-3-8(5-11(10)15-2)12-16-7-9(6-13)17-12/h3-5,9,12H,6-7H2,1-2H3/t9-,12+/m1/s1. The summed E-state index contributed by atoms with van der Waals surface area (Å²) in [5.41, 5.74) is 0.898. The minimum absolute atomic E-state index is 0.0465. The maximum absolute atomic E-state index is 5.72. The molecule has 0 bridgehead atoms. The zero-order chi connectivity index (χ0) is 12.3. The second kappa shape index (κ2) is 5.58. The Morgan fingerprint density at radius 1 is 1.29 bits per heavy atom. The highest BCUT2D eigenvalue weighted by Gasteiger charge is 2.27. The third-order valence-corrected chi connectivity index (χ3v) is 2.95. The van der Waals surface area contributed by atoms with E-state index < -0.39 is 0 Å². The van der Waals surface area contributed by atoms with Gasteiger partial charge in [-0.1, -0.05) is 6.07 Å². The Hall–Kier alpha value is -0.970. The number of methoxy groups -OCH3 is 2. The van der Waals surface area contributed by atoms with Crippen molar-refractivity contribution < 1.29 is 18.9 Å². The van der Waals surface area contributed by atoms with Crippen molar-refractivity contribution in [3.63, 3.8) is 0 Å². The highest BCUT2D eigenvalue weighted by Crippen LogP contribution is 2.34. The van der Waals surface area contributed by atoms with Crippen molar-refractivity contribution in [2.24, 2.45) is 0 Å². The number of ether oxygens (including phenoxy) is 4. The highest BCUT2D eigenvalue weighted by atomic mass is 35.5. The fourth-order valence-electron chi connectivity index (χ4n) is 1.70. The van der Waals surface area contributed by atoms with E-state index in [0.717, 1.165) is 5.56 Å². The average Bonchev–Trinajstić information content (AvgIpc) is 2.86. The predicted octanol–water partition coefficient (Wildman–Crippen LogP) is 2.36. The fraction of sp³-hybridized carbons (Fsp3) is 0.500. The zero-order valence-corrected chi connectivity index (χ0v) is 10.6. The molecule has 0 radical (unpaired) electrons. The van der Waals surface area contributed by atoms with Crippen LogP contribution in [0.5, 0.6) is 11.5 Å². The molecule has 1 aromatic carbocycles. The molecule has 0 amide bonds. The lowest BCUT2D eigenvalue weighted by atomic mass is 10.2. The first kappa shape index (κ1) is 12.5. The lowest BCUT2D eigenvalue weighted by molar-refractivity contribution is -0.0568. The third kappa shape index (κ3) is 2.65. The largest absolute Gasteiger partial charge is 0.493 e. The molecule has 4 nitrogen and oxygen atoms in total. The zero-order valence-electron chi connectivity index (χ0n) is 9.81. The van der Waals surface area contributed by atoms with Crippen LogP contribution < -0.4 is 9.47 Å². The van der Waals surface area contributed by atoms with Gasteiger partial charge in [0.2, 0.25) is 0 Å². The van der Waals surface area contributed by atoms with Crippen LogP contribution in [0.3, 0.4) is 0 Å². The van der Waals surface area contributed by atoms with Crippen molar-refractivity contribution in [2.45, 2.75) is 12.4 Å². The first-order chi connectivity index (χ1) is 8.28. The van der Waals surface area contributed by atoms with Crippen LogP contribution in [0, 0.1) is 0 Å². The van der Waals surface area contributed by atoms with E-state index in [1.165, 1.54) is 0 Å². The molecule has 2 atom stereocenters. The molecule has 1 saturated heterocycles. The van der Waals surface area contributed by atoms with Crippen LogP contribution in [0.1, 0.15) is 11.9 Å². The van der Waals surface area contributed by atoms with Crippen LogP contribution in [0.2, 0.25) is 0 Å². The van der Waals surface area contributed by atoms with Crippen molar-refractivity contribution in [1.82, 2.24) is 0 Å². The summed E-state index contributed by atoms with van der Waals surface area (Å²) in [6, 6.07) is 5.57. The lowest BCUT2D eigenvalue weighted by Gasteiger charge is -2.13. The van der Waals surface area contributed by atoms with Gasteiger partial charge in [-0.25, -0.2) is 0 Å². The van der Waals surface area contributed by atoms with Gasteiger partial charge in [-0.15, -0.1) is 11.6 Å². The van der Waals surface area contributed by atoms with E-state index in [-0.39, 0.29) is 12.4 Å². The van der Waals surface area contributed by atoms with Crippen LogP contribution in [0.4, 0.5) is 0 Å². The van der Waals surface area contributed by atoms with Gasteiger partial charge in [0.25, 0.3) is 0 Å². The van der Waals surface area contributed by atoms with Gasteiger partial charge in [0.1, 0.15) is 0 Å². The van der Waals surface area contributed by atoms with Crippen molar-refractivity contribution in [3.05, 3.63) is 23.8 Å². The fourth-order valence-corrected chi connectivity index (χ4v) is 1.87. The maximum Gasteiger partial charge on any atom is 0.184 e. The molecular formula is C12H15ClO4. The Kier molecular flexibility index (Phi) is 4.10. The molecule has 0 aliphatic carbocycles. The molecule has 1 aliphatic rings. The van der Waals surface area contributed by atoms with Gasteiger partial charge >= 0.3 is 0 Å². The molecular weight excluding hydrogens is 244 g/mol. The summed E-state index contributed by atoms with van der Waals surface area (Å²) in [5, 5.41) is 0. The summed E-state index contributed by atoms with van der Waals surface area (Å²) in [7, 11) is 3.20. The van der Waals surface area contributed by atoms with Gasteiger partial charge in [-0.3, -0.25) is 0 Å². The molecule has 0 aromatic heterocycles. The van der Waals surface area contributed by atoms with Crippen molar-refractivity contribution >= 4 is 11.6 Å². The molecule has 1 aromatic rings. The van der Waals surface area contributed by atoms with Crippen LogP contribution in [-0.4, -0.2) is 32.8 Å². The highest BCUT2D eigenvalue weighted by molar-refractivity contribution is 6.18. The first-order valence-corrected chi connectivity index (χ1v) is 5.87. The Morgan fingerprint density at radius 3 is 2.65 bits per heavy atom. The minimum Gasteiger partial charge on any atom is -0.493 e. The normalized spacial score (nSPS) is 23.7. The molecule has 1 fully saturated rings. The van der Waals surface area contributed by atoms with E-state index in [4.69, 9.17) is 30.5 Å². The Labute approximate surface area is 105 Å². The predicted molar refractivity (Wildman–Crippen MR) is 63.8 cm³/mol. The van der Waals surface area contributed by atoms with Crippen LogP contribution >= 0.6 is 11.6 Å². The van der Waals surface area contributed by atoms with Crippen LogP contribution in [0.15, 0.2) is 18.2 Å². The number of rotatable bonds is 4. The molecule has 17 heavy (non-hydrogen) atoms. The van der Waals surface area contributed by atoms with Gasteiger partial charge in [0.05, 0.1) is 32.8 Å². The van der Waals surface area contributed by atoms with Crippen molar-refractivity contribution in [3.8, 4) is 11.5 Å². The smallest absolute Gasteiger partial charge is 0.184 e. The Balaban J connectivity index is 2.16. The van der Waals surface area contributed by atoms with Gasteiger partial charge < -0.3 is 18.9 Å². The summed E-state index contributed by atoms with van der Waals surface area (Å²) in [5.74, 6) is 1.78. The molecule has 0 unspecified atom stereocenters. The third-order valence-electron chi connectivity index (χ3n) is 2.60. The second-order valence-corrected chi connectivity index (χ2v) is 4.00. The topological polar surface area (TPSA) is 36.9 Å². The van der Waals surface area contributed by atoms with Crippen LogP contribution in [0.25, 0.3) is 0 Å². The summed E-state index contributed by atoms with van der Waals surface area (Å²) < 4.78 is 21.5. The average molecular weight is 259 g/mol. The second-order valence-electron chi connectivity index (χ2n) is 3.69. The van der Waals surface area contributed by atoms with Gasteiger partial charge in [-0.2, -0.15) is 0 Å². The summed E-state index contributed by atoms with van der Waals surface area (Å²) in [6.07, 6.45) is -0.423. The number of alkyl halides is 1. The van der Waals surface area contributed by atoms with Gasteiger partial charge in [-0.05, 0) is 12.1 Å². The molecule has 2 rings (SSSR count). The summed E-state index contributed by atoms with van der Waals surface area (Å²) >= 11 is 5.72. The van der Waals surface area contributed by atoms with E-state index >= 15 is 0 Å². The Bertz CT molecular complexity index is 383. The minimum atomic E-state index is -0.376. The molecule has 5 heteroatoms. The van der Waals surface area contributed by atoms with E-state index in [9.17, 15) is 0 Å². The molecule has 94 valence electrons. The van der Waals surface area contributed by atoms with Crippen molar-refractivity contribution in [2.75, 3.05) is 26.7 Å². The van der Waals surface area contributed by atoms with E-state index in [1.807, 2.05) is 18.2 Å². The lowest BCUT2D eigenvalue weighted by Crippen LogP contribution is -2.10. The molecule has 0 saturated carbocycles. The van der Waals surface area contributed by atoms with Gasteiger partial charge in [0, 0.05) is 5.56 Å². The molecule has 0 N–H and O–H groups in total. The first-order valence-electron chi connectivity index (χ1n) is 5.33. The van der Waals surface area contributed by atoms with E-state index in [2.05, 4.69) is 0 Å². The monoisotopic (exact) mass is 258 g/mol. The SMILES string of the molecule is COc1ccc([C@H]2OC[C@@H](CCl)O2)cc1OC. The van der Waals surface area contributed by atoms with Gasteiger partial charge in [0.15, 0.2) is 17.8 Å². The quantitative estimate of drug-likeness (QED) is 0.777. The summed E-state index contributed by atoms with van der Waals surface area (Å²) in [4.78, 5) is 0. The molecule has 1 aliphatic heterocycles. The Morgan fingerprint density at radius 2 is 2.06 bits per heavy atom. The van der Waals surface area contributed by atoms with Crippen LogP contribution in [-0.2, 0) is 9.47 Å². The molecule has 1 heterocycles. The maximum atomic E-state index is 5.72.